The maximum atomic E-state index is 13.0. The molecule has 0 atom stereocenters. The van der Waals surface area contributed by atoms with Crippen LogP contribution in [-0.4, -0.2) is 34.7 Å². The zero-order valence-corrected chi connectivity index (χ0v) is 22.0. The lowest BCUT2D eigenvalue weighted by molar-refractivity contribution is -0.137. The number of alkyl halides is 4. The quantitative estimate of drug-likeness (QED) is 0.142. The predicted octanol–water partition coefficient (Wildman–Crippen LogP) is 6.01. The predicted molar refractivity (Wildman–Crippen MR) is 140 cm³/mol. The average molecular weight is 649 g/mol. The molecule has 0 unspecified atom stereocenters. The van der Waals surface area contributed by atoms with Crippen LogP contribution in [0.4, 0.5) is 23.7 Å². The average Bonchev–Trinajstić information content (AvgIpc) is 2.87. The second-order valence-electron chi connectivity index (χ2n) is 7.40. The highest BCUT2D eigenvalue weighted by Gasteiger charge is 2.33. The summed E-state index contributed by atoms with van der Waals surface area (Å²) in [6.07, 6.45) is -3.18. The minimum absolute atomic E-state index is 0.0441. The number of aromatic nitrogens is 1. The normalized spacial score (nSPS) is 11.1. The highest BCUT2D eigenvalue weighted by atomic mass is 127. The summed E-state index contributed by atoms with van der Waals surface area (Å²) in [4.78, 5) is 28.4. The van der Waals surface area contributed by atoms with Crippen LogP contribution in [0.2, 0.25) is 5.02 Å². The van der Waals surface area contributed by atoms with Gasteiger partial charge in [-0.05, 0) is 42.0 Å². The number of ether oxygens (including phenoxy) is 2. The highest BCUT2D eigenvalue weighted by Crippen LogP contribution is 2.36. The van der Waals surface area contributed by atoms with Crippen LogP contribution in [0, 0.1) is 0 Å². The molecule has 3 N–H and O–H groups in total. The first kappa shape index (κ1) is 28.5. The van der Waals surface area contributed by atoms with Gasteiger partial charge in [0, 0.05) is 31.0 Å². The number of amides is 3. The van der Waals surface area contributed by atoms with E-state index in [4.69, 9.17) is 21.1 Å². The Labute approximate surface area is 229 Å². The van der Waals surface area contributed by atoms with Crippen LogP contribution < -0.4 is 20.7 Å². The van der Waals surface area contributed by atoms with E-state index in [1.807, 2.05) is 0 Å². The zero-order chi connectivity index (χ0) is 26.8. The smallest absolute Gasteiger partial charge is 0.417 e. The number of anilines is 1. The second-order valence-corrected chi connectivity index (χ2v) is 8.43. The molecule has 1 aromatic heterocycles. The standard InChI is InChI=1S/C24H21ClF3IN4O4/c25-20-6-3-16(11-19(20)24(26,27)28)33-23(35)32-13-15-1-4-17(5-2-15)37-18-7-8-30-21(12-18)22(34)31-9-10-36-14-29/h1-8,11-12H,9-10,13-14H2,(H,31,34)(H2,32,33,35). The largest absolute Gasteiger partial charge is 0.457 e. The first-order valence-electron chi connectivity index (χ1n) is 10.7. The Morgan fingerprint density at radius 2 is 1.76 bits per heavy atom. The Hall–Kier alpha value is -3.10. The molecule has 37 heavy (non-hydrogen) atoms. The van der Waals surface area contributed by atoms with Gasteiger partial charge in [-0.15, -0.1) is 0 Å². The zero-order valence-electron chi connectivity index (χ0n) is 19.1. The highest BCUT2D eigenvalue weighted by molar-refractivity contribution is 14.1. The van der Waals surface area contributed by atoms with Gasteiger partial charge >= 0.3 is 12.2 Å². The second kappa shape index (κ2) is 13.4. The van der Waals surface area contributed by atoms with E-state index in [2.05, 4.69) is 43.5 Å². The minimum atomic E-state index is -4.64. The number of hydrogen-bond acceptors (Lipinski definition) is 5. The molecule has 0 bridgehead atoms. The third-order valence-electron chi connectivity index (χ3n) is 4.71. The van der Waals surface area contributed by atoms with Gasteiger partial charge in [-0.25, -0.2) is 4.79 Å². The summed E-state index contributed by atoms with van der Waals surface area (Å²) in [6, 6.07) is 12.3. The Kier molecular flexibility index (Phi) is 10.3. The van der Waals surface area contributed by atoms with Gasteiger partial charge in [-0.3, -0.25) is 9.78 Å². The molecule has 13 heteroatoms. The lowest BCUT2D eigenvalue weighted by Gasteiger charge is -2.12. The Balaban J connectivity index is 1.51. The van der Waals surface area contributed by atoms with Crippen molar-refractivity contribution in [2.45, 2.75) is 12.7 Å². The van der Waals surface area contributed by atoms with E-state index in [9.17, 15) is 22.8 Å². The third kappa shape index (κ3) is 9.05. The van der Waals surface area contributed by atoms with E-state index in [0.717, 1.165) is 17.7 Å². The summed E-state index contributed by atoms with van der Waals surface area (Å²) in [5, 5.41) is 7.16. The van der Waals surface area contributed by atoms with Gasteiger partial charge in [0.15, 0.2) is 0 Å². The van der Waals surface area contributed by atoms with E-state index in [1.54, 1.807) is 30.3 Å². The molecule has 0 radical (unpaired) electrons. The number of nitrogens with zero attached hydrogens (tertiary/aromatic N) is 1. The Morgan fingerprint density at radius 3 is 2.46 bits per heavy atom. The summed E-state index contributed by atoms with van der Waals surface area (Å²) in [5.74, 6) is 0.549. The van der Waals surface area contributed by atoms with Gasteiger partial charge in [0.25, 0.3) is 5.91 Å². The molecular formula is C24H21ClF3IN4O4. The number of urea groups is 1. The van der Waals surface area contributed by atoms with Crippen LogP contribution >= 0.6 is 34.2 Å². The van der Waals surface area contributed by atoms with E-state index >= 15 is 0 Å². The van der Waals surface area contributed by atoms with Gasteiger partial charge in [-0.2, -0.15) is 13.2 Å². The van der Waals surface area contributed by atoms with Crippen molar-refractivity contribution in [3.05, 3.63) is 82.6 Å². The summed E-state index contributed by atoms with van der Waals surface area (Å²) in [5.41, 5.74) is -0.164. The number of carbonyl (C=O) groups is 2. The van der Waals surface area contributed by atoms with Gasteiger partial charge < -0.3 is 25.4 Å². The van der Waals surface area contributed by atoms with Crippen LogP contribution in [0.3, 0.4) is 0 Å². The first-order chi connectivity index (χ1) is 17.7. The van der Waals surface area contributed by atoms with Gasteiger partial charge in [0.2, 0.25) is 0 Å². The summed E-state index contributed by atoms with van der Waals surface area (Å²) in [7, 11) is 0. The molecule has 0 fully saturated rings. The van der Waals surface area contributed by atoms with Crippen LogP contribution in [0.5, 0.6) is 11.5 Å². The fraction of sp³-hybridized carbons (Fsp3) is 0.208. The maximum Gasteiger partial charge on any atom is 0.417 e. The Bertz CT molecular complexity index is 1230. The molecule has 8 nitrogen and oxygen atoms in total. The molecule has 0 aliphatic rings. The topological polar surface area (TPSA) is 102 Å². The molecular weight excluding hydrogens is 628 g/mol. The molecule has 2 aromatic carbocycles. The molecule has 3 amide bonds. The van der Waals surface area contributed by atoms with Gasteiger partial charge in [0.1, 0.15) is 17.2 Å². The van der Waals surface area contributed by atoms with Crippen molar-refractivity contribution >= 4 is 51.8 Å². The van der Waals surface area contributed by atoms with Gasteiger partial charge in [-0.1, -0.05) is 46.3 Å². The van der Waals surface area contributed by atoms with Crippen LogP contribution in [0.1, 0.15) is 21.6 Å². The number of halogens is 5. The maximum absolute atomic E-state index is 13.0. The number of benzene rings is 2. The Morgan fingerprint density at radius 1 is 1.00 bits per heavy atom. The monoisotopic (exact) mass is 648 g/mol. The van der Waals surface area contributed by atoms with Crippen molar-refractivity contribution in [3.63, 3.8) is 0 Å². The summed E-state index contributed by atoms with van der Waals surface area (Å²) in [6.45, 7) is 0.872. The molecule has 3 rings (SSSR count). The van der Waals surface area contributed by atoms with Crippen LogP contribution in [0.25, 0.3) is 0 Å². The fourth-order valence-electron chi connectivity index (χ4n) is 2.97. The summed E-state index contributed by atoms with van der Waals surface area (Å²) < 4.78 is 50.4. The fourth-order valence-corrected chi connectivity index (χ4v) is 3.51. The number of rotatable bonds is 10. The third-order valence-corrected chi connectivity index (χ3v) is 5.48. The molecule has 3 aromatic rings. The molecule has 1 heterocycles. The molecule has 0 aliphatic carbocycles. The van der Waals surface area contributed by atoms with E-state index < -0.39 is 22.8 Å². The van der Waals surface area contributed by atoms with Crippen LogP contribution in [-0.2, 0) is 17.5 Å². The van der Waals surface area contributed by atoms with E-state index in [0.29, 0.717) is 29.3 Å². The summed E-state index contributed by atoms with van der Waals surface area (Å²) >= 11 is 7.66. The van der Waals surface area contributed by atoms with E-state index in [-0.39, 0.29) is 23.8 Å². The van der Waals surface area contributed by atoms with Crippen molar-refractivity contribution in [3.8, 4) is 11.5 Å². The van der Waals surface area contributed by atoms with Crippen molar-refractivity contribution in [1.82, 2.24) is 15.6 Å². The number of pyridine rings is 1. The molecule has 0 saturated carbocycles. The van der Waals surface area contributed by atoms with Gasteiger partial charge in [0.05, 0.1) is 21.8 Å². The SMILES string of the molecule is O=C(NCc1ccc(Oc2ccnc(C(=O)NCCOCI)c2)cc1)Nc1ccc(Cl)c(C(F)(F)F)c1. The first-order valence-corrected chi connectivity index (χ1v) is 12.6. The lowest BCUT2D eigenvalue weighted by atomic mass is 10.2. The number of nitrogens with one attached hydrogen (secondary N) is 3. The lowest BCUT2D eigenvalue weighted by Crippen LogP contribution is -2.28. The molecule has 196 valence electrons. The van der Waals surface area contributed by atoms with Crippen LogP contribution in [0.15, 0.2) is 60.8 Å². The van der Waals surface area contributed by atoms with Crippen molar-refractivity contribution in [1.29, 1.82) is 0 Å². The molecule has 0 saturated heterocycles. The van der Waals surface area contributed by atoms with E-state index in [1.165, 1.54) is 18.3 Å². The van der Waals surface area contributed by atoms with Crippen molar-refractivity contribution < 1.29 is 32.2 Å². The van der Waals surface area contributed by atoms with Crippen molar-refractivity contribution in [2.75, 3.05) is 23.1 Å². The van der Waals surface area contributed by atoms with Crippen molar-refractivity contribution in [2.24, 2.45) is 0 Å². The molecule has 0 aliphatic heterocycles. The number of carbonyl (C=O) groups excluding carboxylic acids is 2. The minimum Gasteiger partial charge on any atom is -0.457 e. The number of hydrogen-bond donors (Lipinski definition) is 3. The molecule has 0 spiro atoms.